The van der Waals surface area contributed by atoms with Crippen molar-refractivity contribution in [3.63, 3.8) is 0 Å². The number of aryl methyl sites for hydroxylation is 1. The second kappa shape index (κ2) is 5.54. The van der Waals surface area contributed by atoms with E-state index in [1.807, 2.05) is 18.2 Å². The lowest BCUT2D eigenvalue weighted by Crippen LogP contribution is -2.30. The van der Waals surface area contributed by atoms with Gasteiger partial charge in [-0.2, -0.15) is 0 Å². The van der Waals surface area contributed by atoms with Crippen LogP contribution >= 0.6 is 12.2 Å². The van der Waals surface area contributed by atoms with Crippen molar-refractivity contribution in [3.05, 3.63) is 71.3 Å². The highest BCUT2D eigenvalue weighted by molar-refractivity contribution is 7.80. The van der Waals surface area contributed by atoms with Gasteiger partial charge in [-0.05, 0) is 30.4 Å². The van der Waals surface area contributed by atoms with Crippen molar-refractivity contribution in [2.24, 2.45) is 0 Å². The van der Waals surface area contributed by atoms with Gasteiger partial charge in [0.15, 0.2) is 0 Å². The first-order valence-corrected chi connectivity index (χ1v) is 7.19. The maximum atomic E-state index is 5.52. The van der Waals surface area contributed by atoms with Crippen molar-refractivity contribution in [1.82, 2.24) is 5.32 Å². The lowest BCUT2D eigenvalue weighted by molar-refractivity contribution is 0.530. The second-order valence-electron chi connectivity index (χ2n) is 4.98. The fourth-order valence-electron chi connectivity index (χ4n) is 2.73. The highest BCUT2D eigenvalue weighted by Gasteiger charge is 2.20. The van der Waals surface area contributed by atoms with Crippen molar-refractivity contribution in [3.8, 4) is 0 Å². The van der Waals surface area contributed by atoms with Gasteiger partial charge in [0.25, 0.3) is 0 Å². The molecule has 2 heteroatoms. The molecule has 0 radical (unpaired) electrons. The predicted octanol–water partition coefficient (Wildman–Crippen LogP) is 4.03. The molecule has 3 rings (SSSR count). The Hall–Kier alpha value is -1.67. The molecule has 1 atom stereocenters. The van der Waals surface area contributed by atoms with Crippen LogP contribution in [0.25, 0.3) is 0 Å². The van der Waals surface area contributed by atoms with E-state index in [1.54, 1.807) is 0 Å². The number of hydrogen-bond acceptors (Lipinski definition) is 1. The second-order valence-corrected chi connectivity index (χ2v) is 5.39. The molecule has 2 aromatic carbocycles. The minimum atomic E-state index is 0.359. The molecule has 1 aliphatic rings. The fourth-order valence-corrected chi connectivity index (χ4v) is 3.01. The molecule has 0 saturated heterocycles. The molecule has 1 nitrogen and oxygen atoms in total. The minimum Gasteiger partial charge on any atom is -0.369 e. The molecule has 96 valence electrons. The van der Waals surface area contributed by atoms with E-state index in [1.165, 1.54) is 24.0 Å². The third-order valence-corrected chi connectivity index (χ3v) is 4.06. The zero-order valence-corrected chi connectivity index (χ0v) is 11.6. The normalized spacial score (nSPS) is 17.6. The Bertz CT molecular complexity index is 577. The van der Waals surface area contributed by atoms with Gasteiger partial charge in [0, 0.05) is 5.56 Å². The average Bonchev–Trinajstić information content (AvgIpc) is 2.48. The molecule has 0 amide bonds. The third-order valence-electron chi connectivity index (χ3n) is 3.71. The van der Waals surface area contributed by atoms with Crippen molar-refractivity contribution < 1.29 is 0 Å². The highest BCUT2D eigenvalue weighted by atomic mass is 32.1. The monoisotopic (exact) mass is 267 g/mol. The van der Waals surface area contributed by atoms with Gasteiger partial charge < -0.3 is 5.32 Å². The first-order valence-electron chi connectivity index (χ1n) is 6.78. The third kappa shape index (κ3) is 2.69. The zero-order valence-electron chi connectivity index (χ0n) is 10.8. The summed E-state index contributed by atoms with van der Waals surface area (Å²) in [5.41, 5.74) is 3.97. The molecule has 0 spiro atoms. The van der Waals surface area contributed by atoms with Crippen LogP contribution in [-0.2, 0) is 6.42 Å². The van der Waals surface area contributed by atoms with Gasteiger partial charge in [0.2, 0.25) is 0 Å². The van der Waals surface area contributed by atoms with Crippen LogP contribution in [0.3, 0.4) is 0 Å². The van der Waals surface area contributed by atoms with Crippen LogP contribution < -0.4 is 5.32 Å². The van der Waals surface area contributed by atoms with Gasteiger partial charge in [-0.25, -0.2) is 0 Å². The molecule has 0 fully saturated rings. The molecule has 0 saturated carbocycles. The first-order chi connectivity index (χ1) is 9.34. The summed E-state index contributed by atoms with van der Waals surface area (Å²) in [7, 11) is 0. The van der Waals surface area contributed by atoms with Crippen molar-refractivity contribution in [2.45, 2.75) is 25.3 Å². The summed E-state index contributed by atoms with van der Waals surface area (Å²) in [5.74, 6) is 0. The zero-order chi connectivity index (χ0) is 13.1. The van der Waals surface area contributed by atoms with E-state index >= 15 is 0 Å². The van der Waals surface area contributed by atoms with Gasteiger partial charge in [-0.3, -0.25) is 0 Å². The molecule has 0 bridgehead atoms. The number of hydrogen-bond donors (Lipinski definition) is 1. The quantitative estimate of drug-likeness (QED) is 0.825. The molecule has 2 aromatic rings. The van der Waals surface area contributed by atoms with Gasteiger partial charge in [-0.15, -0.1) is 0 Å². The van der Waals surface area contributed by atoms with Gasteiger partial charge in [-0.1, -0.05) is 66.8 Å². The van der Waals surface area contributed by atoms with E-state index in [2.05, 4.69) is 41.7 Å². The smallest absolute Gasteiger partial charge is 0.107 e. The number of nitrogens with one attached hydrogen (secondary N) is 1. The molecule has 0 aromatic heterocycles. The molecular formula is C17H17NS. The van der Waals surface area contributed by atoms with Crippen molar-refractivity contribution >= 4 is 17.2 Å². The van der Waals surface area contributed by atoms with E-state index < -0.39 is 0 Å². The van der Waals surface area contributed by atoms with E-state index in [0.717, 1.165) is 17.0 Å². The highest BCUT2D eigenvalue weighted by Crippen LogP contribution is 2.29. The molecule has 0 aliphatic heterocycles. The Kier molecular flexibility index (Phi) is 3.60. The summed E-state index contributed by atoms with van der Waals surface area (Å²) >= 11 is 5.52. The molecule has 0 heterocycles. The van der Waals surface area contributed by atoms with Crippen molar-refractivity contribution in [2.75, 3.05) is 0 Å². The van der Waals surface area contributed by atoms with Crippen LogP contribution in [0.2, 0.25) is 0 Å². The van der Waals surface area contributed by atoms with Crippen LogP contribution in [0.15, 0.2) is 54.6 Å². The van der Waals surface area contributed by atoms with Crippen molar-refractivity contribution in [1.29, 1.82) is 0 Å². The Labute approximate surface area is 119 Å². The van der Waals surface area contributed by atoms with Crippen LogP contribution in [0, 0.1) is 0 Å². The average molecular weight is 267 g/mol. The van der Waals surface area contributed by atoms with E-state index in [-0.39, 0.29) is 0 Å². The number of thiocarbonyl (C=S) groups is 1. The molecule has 1 aliphatic carbocycles. The summed E-state index contributed by atoms with van der Waals surface area (Å²) in [6.45, 7) is 0. The van der Waals surface area contributed by atoms with Gasteiger partial charge >= 0.3 is 0 Å². The Morgan fingerprint density at radius 1 is 1.00 bits per heavy atom. The Morgan fingerprint density at radius 3 is 2.58 bits per heavy atom. The maximum Gasteiger partial charge on any atom is 0.107 e. The van der Waals surface area contributed by atoms with Gasteiger partial charge in [0.05, 0.1) is 6.04 Å². The summed E-state index contributed by atoms with van der Waals surface area (Å²) in [4.78, 5) is 0.849. The van der Waals surface area contributed by atoms with Crippen LogP contribution in [0.1, 0.15) is 35.6 Å². The van der Waals surface area contributed by atoms with Crippen LogP contribution in [0.5, 0.6) is 0 Å². The lowest BCUT2D eigenvalue weighted by atomic mass is 9.87. The minimum absolute atomic E-state index is 0.359. The van der Waals surface area contributed by atoms with Crippen LogP contribution in [0.4, 0.5) is 0 Å². The van der Waals surface area contributed by atoms with E-state index in [4.69, 9.17) is 12.2 Å². The fraction of sp³-hybridized carbons (Fsp3) is 0.235. The number of fused-ring (bicyclic) bond motifs is 1. The topological polar surface area (TPSA) is 12.0 Å². The number of rotatable bonds is 2. The Morgan fingerprint density at radius 2 is 1.74 bits per heavy atom. The summed E-state index contributed by atoms with van der Waals surface area (Å²) in [5, 5.41) is 3.52. The predicted molar refractivity (Wildman–Crippen MR) is 83.4 cm³/mol. The molecule has 1 unspecified atom stereocenters. The number of benzene rings is 2. The SMILES string of the molecule is S=C(NC1CCCc2ccccc21)c1ccccc1. The molecule has 1 N–H and O–H groups in total. The molecule has 19 heavy (non-hydrogen) atoms. The Balaban J connectivity index is 1.80. The lowest BCUT2D eigenvalue weighted by Gasteiger charge is -2.27. The standard InChI is InChI=1S/C17H17NS/c19-17(14-8-2-1-3-9-14)18-16-12-6-10-13-7-4-5-11-15(13)16/h1-5,7-9,11,16H,6,10,12H2,(H,18,19). The summed E-state index contributed by atoms with van der Waals surface area (Å²) < 4.78 is 0. The summed E-state index contributed by atoms with van der Waals surface area (Å²) in [6.07, 6.45) is 3.57. The van der Waals surface area contributed by atoms with E-state index in [9.17, 15) is 0 Å². The van der Waals surface area contributed by atoms with Gasteiger partial charge in [0.1, 0.15) is 4.99 Å². The van der Waals surface area contributed by atoms with E-state index in [0.29, 0.717) is 6.04 Å². The maximum absolute atomic E-state index is 5.52. The largest absolute Gasteiger partial charge is 0.369 e. The first kappa shape index (κ1) is 12.4. The summed E-state index contributed by atoms with van der Waals surface area (Å²) in [6, 6.07) is 19.2. The molecular weight excluding hydrogens is 250 g/mol. The van der Waals surface area contributed by atoms with Crippen LogP contribution in [-0.4, -0.2) is 4.99 Å².